The smallest absolute Gasteiger partial charge is 0.0954 e. The van der Waals surface area contributed by atoms with E-state index in [1.807, 2.05) is 11.9 Å². The summed E-state index contributed by atoms with van der Waals surface area (Å²) in [6.07, 6.45) is 0.993. The van der Waals surface area contributed by atoms with E-state index in [-0.39, 0.29) is 12.1 Å². The molecule has 0 atom stereocenters. The molecule has 0 fully saturated rings. The Morgan fingerprint density at radius 2 is 1.88 bits per heavy atom. The van der Waals surface area contributed by atoms with Crippen LogP contribution in [0.1, 0.15) is 37.5 Å². The fourth-order valence-corrected chi connectivity index (χ4v) is 1.79. The van der Waals surface area contributed by atoms with Crippen molar-refractivity contribution >= 4 is 0 Å². The Hall–Kier alpha value is -0.860. The summed E-state index contributed by atoms with van der Waals surface area (Å²) in [5.41, 5.74) is 4.30. The standard InChI is InChI=1S/C15H25NO/c1-12-6-7-14(15(2,3)4)10-13(12)8-9-16(5)11-17/h6-7,10,17H,8-9,11H2,1-5H3. The zero-order valence-corrected chi connectivity index (χ0v) is 11.7. The van der Waals surface area contributed by atoms with Gasteiger partial charge in [-0.1, -0.05) is 39.0 Å². The first kappa shape index (κ1) is 14.2. The average Bonchev–Trinajstić information content (AvgIpc) is 2.26. The van der Waals surface area contributed by atoms with Gasteiger partial charge in [0.05, 0.1) is 6.73 Å². The van der Waals surface area contributed by atoms with Gasteiger partial charge in [-0.05, 0) is 42.5 Å². The minimum atomic E-state index is 0.123. The van der Waals surface area contributed by atoms with Crippen LogP contribution in [0.4, 0.5) is 0 Å². The van der Waals surface area contributed by atoms with Gasteiger partial charge in [-0.25, -0.2) is 0 Å². The Morgan fingerprint density at radius 1 is 1.24 bits per heavy atom. The van der Waals surface area contributed by atoms with Gasteiger partial charge in [0.2, 0.25) is 0 Å². The van der Waals surface area contributed by atoms with Gasteiger partial charge in [0.25, 0.3) is 0 Å². The first-order valence-electron chi connectivity index (χ1n) is 6.24. The SMILES string of the molecule is Cc1ccc(C(C)(C)C)cc1CCN(C)CO. The van der Waals surface area contributed by atoms with Gasteiger partial charge in [0.15, 0.2) is 0 Å². The minimum absolute atomic E-state index is 0.123. The fraction of sp³-hybridized carbons (Fsp3) is 0.600. The van der Waals surface area contributed by atoms with E-state index in [1.54, 1.807) is 0 Å². The molecule has 0 unspecified atom stereocenters. The molecule has 0 saturated heterocycles. The topological polar surface area (TPSA) is 23.5 Å². The third-order valence-corrected chi connectivity index (χ3v) is 3.22. The molecule has 1 aromatic rings. The molecule has 17 heavy (non-hydrogen) atoms. The fourth-order valence-electron chi connectivity index (χ4n) is 1.79. The summed E-state index contributed by atoms with van der Waals surface area (Å²) in [6, 6.07) is 6.73. The van der Waals surface area contributed by atoms with Crippen LogP contribution in [0.25, 0.3) is 0 Å². The van der Waals surface area contributed by atoms with Crippen molar-refractivity contribution in [2.24, 2.45) is 0 Å². The first-order chi connectivity index (χ1) is 7.84. The van der Waals surface area contributed by atoms with Crippen LogP contribution >= 0.6 is 0 Å². The summed E-state index contributed by atoms with van der Waals surface area (Å²) in [4.78, 5) is 1.92. The van der Waals surface area contributed by atoms with Crippen molar-refractivity contribution in [2.75, 3.05) is 20.3 Å². The van der Waals surface area contributed by atoms with Crippen LogP contribution in [0.3, 0.4) is 0 Å². The predicted molar refractivity (Wildman–Crippen MR) is 73.3 cm³/mol. The van der Waals surface area contributed by atoms with Crippen molar-refractivity contribution in [3.63, 3.8) is 0 Å². The van der Waals surface area contributed by atoms with E-state index in [2.05, 4.69) is 45.9 Å². The number of nitrogens with zero attached hydrogens (tertiary/aromatic N) is 1. The molecular formula is C15H25NO. The summed E-state index contributed by atoms with van der Waals surface area (Å²) in [6.45, 7) is 9.88. The van der Waals surface area contributed by atoms with Crippen molar-refractivity contribution in [2.45, 2.75) is 39.5 Å². The second kappa shape index (κ2) is 5.65. The molecule has 1 N–H and O–H groups in total. The lowest BCUT2D eigenvalue weighted by atomic mass is 9.85. The number of aliphatic hydroxyl groups excluding tert-OH is 1. The van der Waals surface area contributed by atoms with Gasteiger partial charge in [-0.3, -0.25) is 4.90 Å². The van der Waals surface area contributed by atoms with Gasteiger partial charge in [-0.2, -0.15) is 0 Å². The number of benzene rings is 1. The van der Waals surface area contributed by atoms with Crippen LogP contribution in [0, 0.1) is 6.92 Å². The van der Waals surface area contributed by atoms with Crippen molar-refractivity contribution in [3.05, 3.63) is 34.9 Å². The lowest BCUT2D eigenvalue weighted by molar-refractivity contribution is 0.134. The second-order valence-corrected chi connectivity index (χ2v) is 5.86. The van der Waals surface area contributed by atoms with E-state index in [0.717, 1.165) is 13.0 Å². The summed E-state index contributed by atoms with van der Waals surface area (Å²) < 4.78 is 0. The Kier molecular flexibility index (Phi) is 4.72. The molecule has 0 radical (unpaired) electrons. The van der Waals surface area contributed by atoms with Crippen molar-refractivity contribution in [1.29, 1.82) is 0 Å². The van der Waals surface area contributed by atoms with E-state index in [0.29, 0.717) is 0 Å². The van der Waals surface area contributed by atoms with Gasteiger partial charge >= 0.3 is 0 Å². The molecule has 2 heteroatoms. The molecule has 0 saturated carbocycles. The quantitative estimate of drug-likeness (QED) is 0.811. The highest BCUT2D eigenvalue weighted by atomic mass is 16.3. The first-order valence-corrected chi connectivity index (χ1v) is 6.24. The molecular weight excluding hydrogens is 210 g/mol. The second-order valence-electron chi connectivity index (χ2n) is 5.86. The molecule has 1 rings (SSSR count). The van der Waals surface area contributed by atoms with Gasteiger partial charge in [-0.15, -0.1) is 0 Å². The number of rotatable bonds is 4. The average molecular weight is 235 g/mol. The Labute approximate surface area is 105 Å². The summed E-state index contributed by atoms with van der Waals surface area (Å²) >= 11 is 0. The van der Waals surface area contributed by atoms with Crippen LogP contribution in [0.2, 0.25) is 0 Å². The highest BCUT2D eigenvalue weighted by Gasteiger charge is 2.14. The Morgan fingerprint density at radius 3 is 2.41 bits per heavy atom. The van der Waals surface area contributed by atoms with Crippen LogP contribution in [0.5, 0.6) is 0 Å². The minimum Gasteiger partial charge on any atom is -0.381 e. The molecule has 0 heterocycles. The van der Waals surface area contributed by atoms with Gasteiger partial charge < -0.3 is 5.11 Å². The molecule has 0 aromatic heterocycles. The van der Waals surface area contributed by atoms with E-state index < -0.39 is 0 Å². The van der Waals surface area contributed by atoms with Crippen LogP contribution in [0.15, 0.2) is 18.2 Å². The number of hydrogen-bond acceptors (Lipinski definition) is 2. The number of aryl methyl sites for hydroxylation is 1. The monoisotopic (exact) mass is 235 g/mol. The van der Waals surface area contributed by atoms with Crippen molar-refractivity contribution in [1.82, 2.24) is 4.90 Å². The summed E-state index contributed by atoms with van der Waals surface area (Å²) in [5.74, 6) is 0. The van der Waals surface area contributed by atoms with Crippen molar-refractivity contribution < 1.29 is 5.11 Å². The zero-order chi connectivity index (χ0) is 13.1. The van der Waals surface area contributed by atoms with E-state index >= 15 is 0 Å². The van der Waals surface area contributed by atoms with E-state index in [9.17, 15) is 0 Å². The van der Waals surface area contributed by atoms with Crippen molar-refractivity contribution in [3.8, 4) is 0 Å². The number of hydrogen-bond donors (Lipinski definition) is 1. The molecule has 0 spiro atoms. The maximum absolute atomic E-state index is 8.99. The molecule has 96 valence electrons. The highest BCUT2D eigenvalue weighted by molar-refractivity contribution is 5.34. The molecule has 0 aliphatic heterocycles. The number of aliphatic hydroxyl groups is 1. The lowest BCUT2D eigenvalue weighted by Crippen LogP contribution is -2.22. The molecule has 0 amide bonds. The van der Waals surface area contributed by atoms with Crippen LogP contribution in [-0.4, -0.2) is 30.3 Å². The normalized spacial score (nSPS) is 12.2. The summed E-state index contributed by atoms with van der Waals surface area (Å²) in [7, 11) is 1.93. The Bertz CT molecular complexity index is 366. The molecule has 1 aromatic carbocycles. The predicted octanol–water partition coefficient (Wildman–Crippen LogP) is 2.72. The maximum Gasteiger partial charge on any atom is 0.0954 e. The zero-order valence-electron chi connectivity index (χ0n) is 11.7. The maximum atomic E-state index is 8.99. The van der Waals surface area contributed by atoms with E-state index in [1.165, 1.54) is 16.7 Å². The number of likely N-dealkylation sites (N-methyl/N-ethyl adjacent to an activating group) is 1. The van der Waals surface area contributed by atoms with Gasteiger partial charge in [0.1, 0.15) is 0 Å². The lowest BCUT2D eigenvalue weighted by Gasteiger charge is -2.21. The molecule has 0 aliphatic rings. The van der Waals surface area contributed by atoms with Crippen LogP contribution in [-0.2, 0) is 11.8 Å². The van der Waals surface area contributed by atoms with E-state index in [4.69, 9.17) is 5.11 Å². The highest BCUT2D eigenvalue weighted by Crippen LogP contribution is 2.24. The van der Waals surface area contributed by atoms with Gasteiger partial charge in [0, 0.05) is 6.54 Å². The third-order valence-electron chi connectivity index (χ3n) is 3.22. The molecule has 2 nitrogen and oxygen atoms in total. The molecule has 0 aliphatic carbocycles. The third kappa shape index (κ3) is 4.14. The summed E-state index contributed by atoms with van der Waals surface area (Å²) in [5, 5.41) is 8.99. The molecule has 0 bridgehead atoms. The Balaban J connectivity index is 2.84. The largest absolute Gasteiger partial charge is 0.381 e. The van der Waals surface area contributed by atoms with Crippen LogP contribution < -0.4 is 0 Å².